The molecular weight excluding hydrogens is 172 g/mol. The maximum Gasteiger partial charge on any atom is 0.234 e. The van der Waals surface area contributed by atoms with Crippen LogP contribution in [0.15, 0.2) is 18.3 Å². The third-order valence-electron chi connectivity index (χ3n) is 1.32. The number of amides is 1. The largest absolute Gasteiger partial charge is 0.325 e. The summed E-state index contributed by atoms with van der Waals surface area (Å²) in [5.74, 6) is 0.0883. The summed E-state index contributed by atoms with van der Waals surface area (Å²) in [5.41, 5.74) is 1.65. The molecule has 1 N–H and O–H groups in total. The zero-order valence-corrected chi connectivity index (χ0v) is 7.64. The number of carbonyl (C=O) groups is 1. The fourth-order valence-corrected chi connectivity index (χ4v) is 0.903. The van der Waals surface area contributed by atoms with Crippen LogP contribution in [0.5, 0.6) is 0 Å². The Morgan fingerprint density at radius 1 is 1.75 bits per heavy atom. The van der Waals surface area contributed by atoms with Crippen molar-refractivity contribution in [1.82, 2.24) is 4.98 Å². The Morgan fingerprint density at radius 3 is 3.08 bits per heavy atom. The Kier molecular flexibility index (Phi) is 3.10. The summed E-state index contributed by atoms with van der Waals surface area (Å²) in [5, 5.41) is 2.68. The summed E-state index contributed by atoms with van der Waals surface area (Å²) >= 11 is 3.84. The molecule has 1 heterocycles. The lowest BCUT2D eigenvalue weighted by Gasteiger charge is -2.02. The van der Waals surface area contributed by atoms with Gasteiger partial charge >= 0.3 is 0 Å². The number of thiol groups is 1. The molecule has 1 rings (SSSR count). The van der Waals surface area contributed by atoms with E-state index in [2.05, 4.69) is 22.9 Å². The van der Waals surface area contributed by atoms with Gasteiger partial charge in [0.2, 0.25) is 5.91 Å². The standard InChI is InChI=1S/C8H10N2OS/c1-6-4-7(2-3-9-6)10-8(11)5-12/h2-4,12H,5H2,1H3,(H,9,10,11). The number of hydrogen-bond donors (Lipinski definition) is 2. The van der Waals surface area contributed by atoms with Crippen molar-refractivity contribution in [2.75, 3.05) is 11.1 Å². The second-order valence-corrected chi connectivity index (χ2v) is 2.71. The Hall–Kier alpha value is -1.03. The Morgan fingerprint density at radius 2 is 2.50 bits per heavy atom. The van der Waals surface area contributed by atoms with Crippen LogP contribution in [-0.2, 0) is 4.79 Å². The molecule has 64 valence electrons. The minimum absolute atomic E-state index is 0.107. The van der Waals surface area contributed by atoms with Crippen molar-refractivity contribution in [2.45, 2.75) is 6.92 Å². The molecule has 1 aromatic heterocycles. The van der Waals surface area contributed by atoms with E-state index in [9.17, 15) is 4.79 Å². The van der Waals surface area contributed by atoms with Crippen LogP contribution in [0.3, 0.4) is 0 Å². The van der Waals surface area contributed by atoms with Gasteiger partial charge in [0.05, 0.1) is 5.75 Å². The first kappa shape index (κ1) is 9.06. The number of nitrogens with zero attached hydrogens (tertiary/aromatic N) is 1. The van der Waals surface area contributed by atoms with Crippen LogP contribution < -0.4 is 5.32 Å². The number of hydrogen-bond acceptors (Lipinski definition) is 3. The van der Waals surface area contributed by atoms with Crippen LogP contribution in [-0.4, -0.2) is 16.6 Å². The Bertz CT molecular complexity index is 288. The van der Waals surface area contributed by atoms with Gasteiger partial charge in [0.1, 0.15) is 0 Å². The summed E-state index contributed by atoms with van der Waals surface area (Å²) in [6, 6.07) is 3.55. The molecule has 1 aromatic rings. The molecule has 0 saturated carbocycles. The molecule has 0 aliphatic heterocycles. The topological polar surface area (TPSA) is 42.0 Å². The molecule has 0 fully saturated rings. The molecule has 0 spiro atoms. The highest BCUT2D eigenvalue weighted by molar-refractivity contribution is 7.81. The molecule has 3 nitrogen and oxygen atoms in total. The lowest BCUT2D eigenvalue weighted by Crippen LogP contribution is -2.12. The summed E-state index contributed by atoms with van der Waals surface area (Å²) < 4.78 is 0. The number of pyridine rings is 1. The van der Waals surface area contributed by atoms with Crippen LogP contribution in [0.4, 0.5) is 5.69 Å². The molecule has 0 atom stereocenters. The average Bonchev–Trinajstić information content (AvgIpc) is 2.04. The zero-order chi connectivity index (χ0) is 8.97. The molecule has 0 aromatic carbocycles. The van der Waals surface area contributed by atoms with Gasteiger partial charge in [0.15, 0.2) is 0 Å². The van der Waals surface area contributed by atoms with Crippen molar-refractivity contribution >= 4 is 24.2 Å². The molecule has 0 radical (unpaired) electrons. The smallest absolute Gasteiger partial charge is 0.234 e. The normalized spacial score (nSPS) is 9.50. The first-order valence-corrected chi connectivity index (χ1v) is 4.19. The first-order chi connectivity index (χ1) is 5.72. The quantitative estimate of drug-likeness (QED) is 0.676. The lowest BCUT2D eigenvalue weighted by molar-refractivity contribution is -0.113. The molecule has 0 aliphatic carbocycles. The second-order valence-electron chi connectivity index (χ2n) is 2.39. The maximum atomic E-state index is 10.9. The van der Waals surface area contributed by atoms with Crippen LogP contribution in [0, 0.1) is 6.92 Å². The predicted molar refractivity (Wildman–Crippen MR) is 51.5 cm³/mol. The molecule has 0 aliphatic rings. The van der Waals surface area contributed by atoms with Crippen LogP contribution in [0.1, 0.15) is 5.69 Å². The summed E-state index contributed by atoms with van der Waals surface area (Å²) in [4.78, 5) is 14.9. The van der Waals surface area contributed by atoms with E-state index in [1.165, 1.54) is 0 Å². The van der Waals surface area contributed by atoms with Gasteiger partial charge in [-0.2, -0.15) is 12.6 Å². The molecule has 0 bridgehead atoms. The third kappa shape index (κ3) is 2.54. The fourth-order valence-electron chi connectivity index (χ4n) is 0.824. The molecular formula is C8H10N2OS. The third-order valence-corrected chi connectivity index (χ3v) is 1.61. The van der Waals surface area contributed by atoms with Gasteiger partial charge in [-0.3, -0.25) is 9.78 Å². The minimum atomic E-state index is -0.107. The van der Waals surface area contributed by atoms with Gasteiger partial charge in [-0.05, 0) is 19.1 Å². The van der Waals surface area contributed by atoms with Crippen LogP contribution >= 0.6 is 12.6 Å². The van der Waals surface area contributed by atoms with Crippen molar-refractivity contribution in [3.63, 3.8) is 0 Å². The van der Waals surface area contributed by atoms with Gasteiger partial charge in [-0.1, -0.05) is 0 Å². The van der Waals surface area contributed by atoms with Crippen molar-refractivity contribution in [3.8, 4) is 0 Å². The van der Waals surface area contributed by atoms with E-state index in [1.54, 1.807) is 18.3 Å². The highest BCUT2D eigenvalue weighted by Crippen LogP contribution is 2.06. The number of carbonyl (C=O) groups excluding carboxylic acids is 1. The number of rotatable bonds is 2. The molecule has 1 amide bonds. The van der Waals surface area contributed by atoms with Gasteiger partial charge in [0.25, 0.3) is 0 Å². The second kappa shape index (κ2) is 4.11. The van der Waals surface area contributed by atoms with E-state index in [0.29, 0.717) is 0 Å². The average molecular weight is 182 g/mol. The SMILES string of the molecule is Cc1cc(NC(=O)CS)ccn1. The zero-order valence-electron chi connectivity index (χ0n) is 6.74. The number of nitrogens with one attached hydrogen (secondary N) is 1. The number of anilines is 1. The van der Waals surface area contributed by atoms with E-state index in [4.69, 9.17) is 0 Å². The molecule has 12 heavy (non-hydrogen) atoms. The Balaban J connectivity index is 2.69. The fraction of sp³-hybridized carbons (Fsp3) is 0.250. The summed E-state index contributed by atoms with van der Waals surface area (Å²) in [6.07, 6.45) is 1.66. The van der Waals surface area contributed by atoms with Gasteiger partial charge < -0.3 is 5.32 Å². The monoisotopic (exact) mass is 182 g/mol. The maximum absolute atomic E-state index is 10.9. The highest BCUT2D eigenvalue weighted by Gasteiger charge is 1.98. The summed E-state index contributed by atoms with van der Waals surface area (Å²) in [6.45, 7) is 1.87. The number of aromatic nitrogens is 1. The van der Waals surface area contributed by atoms with E-state index in [-0.39, 0.29) is 11.7 Å². The lowest BCUT2D eigenvalue weighted by atomic mass is 10.3. The Labute approximate surface area is 76.6 Å². The van der Waals surface area contributed by atoms with E-state index in [0.717, 1.165) is 11.4 Å². The van der Waals surface area contributed by atoms with E-state index >= 15 is 0 Å². The van der Waals surface area contributed by atoms with Crippen molar-refractivity contribution in [2.24, 2.45) is 0 Å². The van der Waals surface area contributed by atoms with E-state index < -0.39 is 0 Å². The van der Waals surface area contributed by atoms with Gasteiger partial charge in [-0.15, -0.1) is 0 Å². The predicted octanol–water partition coefficient (Wildman–Crippen LogP) is 1.26. The van der Waals surface area contributed by atoms with Gasteiger partial charge in [-0.25, -0.2) is 0 Å². The van der Waals surface area contributed by atoms with Crippen molar-refractivity contribution in [3.05, 3.63) is 24.0 Å². The minimum Gasteiger partial charge on any atom is -0.325 e. The van der Waals surface area contributed by atoms with E-state index in [1.807, 2.05) is 6.92 Å². The summed E-state index contributed by atoms with van der Waals surface area (Å²) in [7, 11) is 0. The van der Waals surface area contributed by atoms with Gasteiger partial charge in [0, 0.05) is 17.6 Å². The van der Waals surface area contributed by atoms with Crippen molar-refractivity contribution in [1.29, 1.82) is 0 Å². The molecule has 4 heteroatoms. The van der Waals surface area contributed by atoms with Crippen LogP contribution in [0.2, 0.25) is 0 Å². The molecule has 0 unspecified atom stereocenters. The first-order valence-electron chi connectivity index (χ1n) is 3.56. The van der Waals surface area contributed by atoms with Crippen LogP contribution in [0.25, 0.3) is 0 Å². The highest BCUT2D eigenvalue weighted by atomic mass is 32.1. The molecule has 0 saturated heterocycles. The van der Waals surface area contributed by atoms with Crippen molar-refractivity contribution < 1.29 is 4.79 Å². The number of aryl methyl sites for hydroxylation is 1.